The third kappa shape index (κ3) is 4.60. The number of hydrogen-bond donors (Lipinski definition) is 0. The first-order valence-electron chi connectivity index (χ1n) is 14.3. The minimum atomic E-state index is -4.40. The molecule has 40 heavy (non-hydrogen) atoms. The third-order valence-electron chi connectivity index (χ3n) is 9.34. The molecule has 0 spiro atoms. The van der Waals surface area contributed by atoms with Gasteiger partial charge >= 0.3 is 232 Å². The van der Waals surface area contributed by atoms with Gasteiger partial charge in [-0.05, 0) is 0 Å². The second-order valence-electron chi connectivity index (χ2n) is 11.4. The van der Waals surface area contributed by atoms with Gasteiger partial charge in [0.1, 0.15) is 0 Å². The molecule has 2 aliphatic rings. The molecule has 0 saturated heterocycles. The van der Waals surface area contributed by atoms with E-state index in [1.54, 1.807) is 28.8 Å². The maximum absolute atomic E-state index is 4.40. The second-order valence-corrected chi connectivity index (χ2v) is 34.1. The molecule has 4 aromatic carbocycles. The largest absolute Gasteiger partial charge is 0.147 e. The number of halogens is 2. The van der Waals surface area contributed by atoms with Crippen LogP contribution in [0.5, 0.6) is 0 Å². The average molecular weight is 663 g/mol. The van der Waals surface area contributed by atoms with Gasteiger partial charge in [0.05, 0.1) is 0 Å². The Bertz CT molecular complexity index is 1480. The molecule has 2 atom stereocenters. The molecule has 0 nitrogen and oxygen atoms in total. The number of benzene rings is 4. The van der Waals surface area contributed by atoms with Crippen LogP contribution in [0.3, 0.4) is 0 Å². The van der Waals surface area contributed by atoms with Crippen molar-refractivity contribution in [2.24, 2.45) is 0 Å². The van der Waals surface area contributed by atoms with E-state index in [1.807, 2.05) is 0 Å². The van der Waals surface area contributed by atoms with E-state index in [1.165, 1.54) is 24.0 Å². The minimum Gasteiger partial charge on any atom is -0.147 e. The van der Waals surface area contributed by atoms with E-state index in [0.29, 0.717) is 7.25 Å². The quantitative estimate of drug-likeness (QED) is 0.166. The van der Waals surface area contributed by atoms with Crippen molar-refractivity contribution in [2.75, 3.05) is 0 Å². The summed E-state index contributed by atoms with van der Waals surface area (Å²) in [5.74, 6) is 0. The Kier molecular flexibility index (Phi) is 9.68. The van der Waals surface area contributed by atoms with Crippen molar-refractivity contribution >= 4 is 50.4 Å². The van der Waals surface area contributed by atoms with Crippen molar-refractivity contribution in [1.29, 1.82) is 0 Å². The Hall–Kier alpha value is -1.96. The van der Waals surface area contributed by atoms with Crippen LogP contribution in [-0.2, 0) is 17.4 Å². The van der Waals surface area contributed by atoms with Gasteiger partial charge in [0.25, 0.3) is 0 Å². The van der Waals surface area contributed by atoms with E-state index in [9.17, 15) is 0 Å². The van der Waals surface area contributed by atoms with Gasteiger partial charge in [-0.15, -0.1) is 24.8 Å². The number of allylic oxidation sites excluding steroid dienone is 2. The summed E-state index contributed by atoms with van der Waals surface area (Å²) in [4.78, 5) is 0. The molecule has 2 aliphatic carbocycles. The van der Waals surface area contributed by atoms with E-state index < -0.39 is 17.4 Å². The van der Waals surface area contributed by atoms with Crippen LogP contribution in [0.25, 0.3) is 12.2 Å². The molecule has 0 bridgehead atoms. The first-order chi connectivity index (χ1) is 18.6. The third-order valence-corrected chi connectivity index (χ3v) is 37.2. The van der Waals surface area contributed by atoms with E-state index in [2.05, 4.69) is 142 Å². The maximum Gasteiger partial charge on any atom is -0.147 e. The standard InChI is InChI=1S/2C12H13.2C6H5.2ClH.H2Si.Zr/c2*1-2-5-10-8-11-6-3-4-7-12(11)9-10;2*1-2-4-6-5-3-1;;;;/h2*3-4,6-9H,2,5H2,1H3;2*1-5H;2*1H;1H2;. The summed E-state index contributed by atoms with van der Waals surface area (Å²) in [6.45, 7) is 7.18. The fourth-order valence-electron chi connectivity index (χ4n) is 8.01. The Morgan fingerprint density at radius 2 is 0.875 bits per heavy atom. The summed E-state index contributed by atoms with van der Waals surface area (Å²) in [6.07, 6.45) is 9.80. The van der Waals surface area contributed by atoms with Gasteiger partial charge < -0.3 is 0 Å². The van der Waals surface area contributed by atoms with E-state index in [0.717, 1.165) is 12.8 Å². The monoisotopic (exact) mass is 660 g/mol. The zero-order valence-corrected chi connectivity index (χ0v) is 29.1. The molecule has 0 heterocycles. The first-order valence-corrected chi connectivity index (χ1v) is 25.6. The molecular weight excluding hydrogens is 623 g/mol. The molecule has 0 radical (unpaired) electrons. The normalized spacial score (nSPS) is 17.6. The van der Waals surface area contributed by atoms with Crippen LogP contribution < -0.4 is 6.54 Å². The van der Waals surface area contributed by atoms with Gasteiger partial charge in [-0.2, -0.15) is 0 Å². The fraction of sp³-hybridized carbons (Fsp3) is 0.222. The van der Waals surface area contributed by atoms with Gasteiger partial charge in [0.2, 0.25) is 0 Å². The number of rotatable bonds is 8. The smallest absolute Gasteiger partial charge is 0.147 e. The predicted molar refractivity (Wildman–Crippen MR) is 179 cm³/mol. The zero-order chi connectivity index (χ0) is 26.2. The predicted octanol–water partition coefficient (Wildman–Crippen LogP) is 8.60. The average Bonchev–Trinajstić information content (AvgIpc) is 3.53. The van der Waals surface area contributed by atoms with Crippen LogP contribution in [0, 0.1) is 0 Å². The van der Waals surface area contributed by atoms with Gasteiger partial charge in [0.15, 0.2) is 0 Å². The van der Waals surface area contributed by atoms with Crippen molar-refractivity contribution in [1.82, 2.24) is 0 Å². The Morgan fingerprint density at radius 1 is 0.525 bits per heavy atom. The van der Waals surface area contributed by atoms with Crippen molar-refractivity contribution in [2.45, 2.75) is 46.8 Å². The molecule has 0 amide bonds. The molecule has 2 unspecified atom stereocenters. The van der Waals surface area contributed by atoms with Gasteiger partial charge in [0, 0.05) is 0 Å². The number of fused-ring (bicyclic) bond motifs is 2. The van der Waals surface area contributed by atoms with E-state index in [4.69, 9.17) is 0 Å². The van der Waals surface area contributed by atoms with Crippen molar-refractivity contribution < 1.29 is 17.4 Å². The van der Waals surface area contributed by atoms with Crippen LogP contribution >= 0.6 is 24.8 Å². The van der Waals surface area contributed by atoms with E-state index in [-0.39, 0.29) is 24.8 Å². The first kappa shape index (κ1) is 31.0. The molecule has 0 fully saturated rings. The Balaban J connectivity index is 0.00000185. The zero-order valence-electron chi connectivity index (χ0n) is 23.6. The van der Waals surface area contributed by atoms with Gasteiger partial charge in [-0.3, -0.25) is 0 Å². The molecule has 0 saturated carbocycles. The number of hydrogen-bond acceptors (Lipinski definition) is 0. The van der Waals surface area contributed by atoms with Gasteiger partial charge in [-0.25, -0.2) is 0 Å². The molecule has 0 aliphatic heterocycles. The Labute approximate surface area is 255 Å². The van der Waals surface area contributed by atoms with Crippen LogP contribution in [0.2, 0.25) is 0 Å². The molecular formula is C36H40Cl2SiZr. The summed E-state index contributed by atoms with van der Waals surface area (Å²) in [7, 11) is 0. The summed E-state index contributed by atoms with van der Waals surface area (Å²) in [5, 5.41) is 0. The van der Waals surface area contributed by atoms with Crippen molar-refractivity contribution in [3.8, 4) is 0 Å². The van der Waals surface area contributed by atoms with Crippen LogP contribution in [0.1, 0.15) is 69.0 Å². The molecule has 4 aromatic rings. The molecule has 0 N–H and O–H groups in total. The molecule has 206 valence electrons. The van der Waals surface area contributed by atoms with Crippen LogP contribution in [-0.4, -0.2) is 6.88 Å². The van der Waals surface area contributed by atoms with Crippen molar-refractivity contribution in [3.05, 3.63) is 143 Å². The van der Waals surface area contributed by atoms with Crippen LogP contribution in [0.4, 0.5) is 0 Å². The molecule has 4 heteroatoms. The van der Waals surface area contributed by atoms with Gasteiger partial charge in [-0.1, -0.05) is 0 Å². The summed E-state index contributed by atoms with van der Waals surface area (Å²) >= 11 is -4.40. The topological polar surface area (TPSA) is 0 Å². The molecule has 0 aromatic heterocycles. The Morgan fingerprint density at radius 3 is 1.25 bits per heavy atom. The minimum absolute atomic E-state index is 0. The second kappa shape index (κ2) is 12.5. The van der Waals surface area contributed by atoms with Crippen molar-refractivity contribution in [3.63, 3.8) is 0 Å². The summed E-state index contributed by atoms with van der Waals surface area (Å²) in [5.41, 5.74) is 9.30. The fourth-order valence-corrected chi connectivity index (χ4v) is 36.3. The van der Waals surface area contributed by atoms with E-state index >= 15 is 0 Å². The summed E-state index contributed by atoms with van der Waals surface area (Å²) < 4.78 is 4.11. The maximum atomic E-state index is 2.57. The summed E-state index contributed by atoms with van der Waals surface area (Å²) in [6, 6.07) is 42.2. The van der Waals surface area contributed by atoms with Crippen LogP contribution in [0.15, 0.2) is 120 Å². The SMILES string of the molecule is CCCC1=Cc2ccccc2[CH]1[Zr](=[SiH2])([c]1ccccc1)([c]1ccccc1)[CH]1C(CCC)=Cc2ccccc21.Cl.Cl. The molecule has 6 rings (SSSR count).